The van der Waals surface area contributed by atoms with Gasteiger partial charge in [0.2, 0.25) is 5.88 Å². The zero-order valence-corrected chi connectivity index (χ0v) is 10.8. The normalized spacial score (nSPS) is 10.9. The number of aromatic nitrogens is 3. The summed E-state index contributed by atoms with van der Waals surface area (Å²) in [7, 11) is 1.56. The van der Waals surface area contributed by atoms with E-state index in [0.29, 0.717) is 5.88 Å². The number of nitrogens with zero attached hydrogens (tertiary/aromatic N) is 3. The van der Waals surface area contributed by atoms with Crippen molar-refractivity contribution < 1.29 is 9.84 Å². The summed E-state index contributed by atoms with van der Waals surface area (Å²) in [5.74, 6) is 0.499. The molecule has 0 aromatic carbocycles. The van der Waals surface area contributed by atoms with Crippen LogP contribution in [-0.4, -0.2) is 27.0 Å². The van der Waals surface area contributed by atoms with Gasteiger partial charge in [-0.1, -0.05) is 0 Å². The lowest BCUT2D eigenvalue weighted by Crippen LogP contribution is -2.06. The highest BCUT2D eigenvalue weighted by atomic mass is 16.5. The van der Waals surface area contributed by atoms with E-state index in [4.69, 9.17) is 4.74 Å². The fraction of sp³-hybridized carbons (Fsp3) is 0.385. The third-order valence-electron chi connectivity index (χ3n) is 2.78. The molecule has 2 rings (SSSR count). The average Bonchev–Trinajstić information content (AvgIpc) is 2.87. The van der Waals surface area contributed by atoms with Gasteiger partial charge < -0.3 is 9.84 Å². The summed E-state index contributed by atoms with van der Waals surface area (Å²) in [4.78, 5) is 4.19. The van der Waals surface area contributed by atoms with Gasteiger partial charge in [0.25, 0.3) is 0 Å². The van der Waals surface area contributed by atoms with Gasteiger partial charge in [0.1, 0.15) is 0 Å². The van der Waals surface area contributed by atoms with E-state index in [1.165, 1.54) is 0 Å². The summed E-state index contributed by atoms with van der Waals surface area (Å²) in [5.41, 5.74) is 2.61. The Labute approximate surface area is 106 Å². The molecule has 0 fully saturated rings. The zero-order chi connectivity index (χ0) is 13.1. The Morgan fingerprint density at radius 1 is 1.44 bits per heavy atom. The minimum atomic E-state index is -0.0580. The van der Waals surface area contributed by atoms with Crippen molar-refractivity contribution in [3.8, 4) is 17.1 Å². The molecule has 5 heteroatoms. The standard InChI is InChI=1S/C13H17N3O2/c1-9(2)16-12(4-5-15-16)11-7-14-13(18-3)6-10(11)8-17/h4-7,9,17H,8H2,1-3H3. The first-order valence-electron chi connectivity index (χ1n) is 5.85. The number of ether oxygens (including phenoxy) is 1. The molecule has 0 aliphatic carbocycles. The third-order valence-corrected chi connectivity index (χ3v) is 2.78. The summed E-state index contributed by atoms with van der Waals surface area (Å²) >= 11 is 0. The van der Waals surface area contributed by atoms with Gasteiger partial charge >= 0.3 is 0 Å². The molecule has 0 unspecified atom stereocenters. The maximum Gasteiger partial charge on any atom is 0.213 e. The van der Waals surface area contributed by atoms with Gasteiger partial charge in [0, 0.05) is 30.1 Å². The first-order chi connectivity index (χ1) is 8.67. The number of hydrogen-bond acceptors (Lipinski definition) is 4. The summed E-state index contributed by atoms with van der Waals surface area (Å²) in [6.07, 6.45) is 3.46. The highest BCUT2D eigenvalue weighted by Gasteiger charge is 2.13. The predicted molar refractivity (Wildman–Crippen MR) is 68.3 cm³/mol. The first kappa shape index (κ1) is 12.6. The molecule has 2 aromatic rings. The van der Waals surface area contributed by atoms with Crippen molar-refractivity contribution in [2.45, 2.75) is 26.5 Å². The second kappa shape index (κ2) is 5.18. The van der Waals surface area contributed by atoms with Crippen molar-refractivity contribution in [1.82, 2.24) is 14.8 Å². The predicted octanol–water partition coefficient (Wildman–Crippen LogP) is 2.03. The van der Waals surface area contributed by atoms with E-state index in [-0.39, 0.29) is 12.6 Å². The molecule has 96 valence electrons. The van der Waals surface area contributed by atoms with Crippen molar-refractivity contribution in [3.63, 3.8) is 0 Å². The van der Waals surface area contributed by atoms with Crippen LogP contribution in [0.4, 0.5) is 0 Å². The van der Waals surface area contributed by atoms with E-state index < -0.39 is 0 Å². The lowest BCUT2D eigenvalue weighted by atomic mass is 10.1. The fourth-order valence-electron chi connectivity index (χ4n) is 1.89. The van der Waals surface area contributed by atoms with Crippen LogP contribution in [0.15, 0.2) is 24.5 Å². The Hall–Kier alpha value is -1.88. The average molecular weight is 247 g/mol. The molecule has 0 aliphatic rings. The first-order valence-corrected chi connectivity index (χ1v) is 5.85. The minimum absolute atomic E-state index is 0.0580. The molecule has 0 amide bonds. The van der Waals surface area contributed by atoms with Crippen LogP contribution in [0.25, 0.3) is 11.3 Å². The van der Waals surface area contributed by atoms with Gasteiger partial charge in [-0.2, -0.15) is 5.10 Å². The van der Waals surface area contributed by atoms with Crippen LogP contribution in [0.3, 0.4) is 0 Å². The number of pyridine rings is 1. The second-order valence-corrected chi connectivity index (χ2v) is 4.30. The molecule has 2 heterocycles. The van der Waals surface area contributed by atoms with Crippen molar-refractivity contribution in [2.75, 3.05) is 7.11 Å². The van der Waals surface area contributed by atoms with Crippen LogP contribution < -0.4 is 4.74 Å². The quantitative estimate of drug-likeness (QED) is 0.898. The summed E-state index contributed by atoms with van der Waals surface area (Å²) < 4.78 is 6.97. The second-order valence-electron chi connectivity index (χ2n) is 4.30. The van der Waals surface area contributed by atoms with Crippen LogP contribution in [0.1, 0.15) is 25.5 Å². The SMILES string of the molecule is COc1cc(CO)c(-c2ccnn2C(C)C)cn1. The lowest BCUT2D eigenvalue weighted by molar-refractivity contribution is 0.281. The summed E-state index contributed by atoms with van der Waals surface area (Å²) in [5, 5.41) is 13.7. The van der Waals surface area contributed by atoms with Crippen LogP contribution in [0, 0.1) is 0 Å². The molecule has 2 aromatic heterocycles. The van der Waals surface area contributed by atoms with E-state index in [9.17, 15) is 5.11 Å². The van der Waals surface area contributed by atoms with Crippen LogP contribution in [0.2, 0.25) is 0 Å². The monoisotopic (exact) mass is 247 g/mol. The van der Waals surface area contributed by atoms with E-state index in [2.05, 4.69) is 23.9 Å². The molecule has 0 radical (unpaired) electrons. The maximum atomic E-state index is 9.45. The Morgan fingerprint density at radius 2 is 2.22 bits per heavy atom. The molecule has 1 N–H and O–H groups in total. The summed E-state index contributed by atoms with van der Waals surface area (Å²) in [6, 6.07) is 3.92. The number of aliphatic hydroxyl groups excluding tert-OH is 1. The molecule has 0 bridgehead atoms. The largest absolute Gasteiger partial charge is 0.481 e. The van der Waals surface area contributed by atoms with Gasteiger partial charge in [-0.05, 0) is 25.5 Å². The van der Waals surface area contributed by atoms with Gasteiger partial charge in [0.05, 0.1) is 19.4 Å². The molecule has 18 heavy (non-hydrogen) atoms. The van der Waals surface area contributed by atoms with Gasteiger partial charge in [-0.25, -0.2) is 4.98 Å². The van der Waals surface area contributed by atoms with Gasteiger partial charge in [-0.15, -0.1) is 0 Å². The highest BCUT2D eigenvalue weighted by Crippen LogP contribution is 2.27. The smallest absolute Gasteiger partial charge is 0.213 e. The molecule has 0 spiro atoms. The zero-order valence-electron chi connectivity index (χ0n) is 10.8. The van der Waals surface area contributed by atoms with Crippen molar-refractivity contribution in [3.05, 3.63) is 30.1 Å². The Kier molecular flexibility index (Phi) is 3.62. The molecule has 0 atom stereocenters. The minimum Gasteiger partial charge on any atom is -0.481 e. The Balaban J connectivity index is 2.53. The van der Waals surface area contributed by atoms with Crippen LogP contribution in [0.5, 0.6) is 5.88 Å². The van der Waals surface area contributed by atoms with Gasteiger partial charge in [0.15, 0.2) is 0 Å². The molecule has 0 saturated carbocycles. The highest BCUT2D eigenvalue weighted by molar-refractivity contribution is 5.63. The molecular formula is C13H17N3O2. The number of rotatable bonds is 4. The van der Waals surface area contributed by atoms with Crippen LogP contribution in [-0.2, 0) is 6.61 Å². The number of methoxy groups -OCH3 is 1. The van der Waals surface area contributed by atoms with Crippen molar-refractivity contribution in [2.24, 2.45) is 0 Å². The summed E-state index contributed by atoms with van der Waals surface area (Å²) in [6.45, 7) is 4.07. The van der Waals surface area contributed by atoms with E-state index in [1.54, 1.807) is 25.6 Å². The lowest BCUT2D eigenvalue weighted by Gasteiger charge is -2.13. The maximum absolute atomic E-state index is 9.45. The van der Waals surface area contributed by atoms with Crippen molar-refractivity contribution >= 4 is 0 Å². The number of aliphatic hydroxyl groups is 1. The molecular weight excluding hydrogens is 230 g/mol. The molecule has 0 aliphatic heterocycles. The fourth-order valence-corrected chi connectivity index (χ4v) is 1.89. The van der Waals surface area contributed by atoms with Gasteiger partial charge in [-0.3, -0.25) is 4.68 Å². The van der Waals surface area contributed by atoms with Crippen molar-refractivity contribution in [1.29, 1.82) is 0 Å². The molecule has 5 nitrogen and oxygen atoms in total. The Morgan fingerprint density at radius 3 is 2.83 bits per heavy atom. The van der Waals surface area contributed by atoms with E-state index in [1.807, 2.05) is 10.7 Å². The van der Waals surface area contributed by atoms with E-state index >= 15 is 0 Å². The van der Waals surface area contributed by atoms with E-state index in [0.717, 1.165) is 16.8 Å². The topological polar surface area (TPSA) is 60.2 Å². The number of hydrogen-bond donors (Lipinski definition) is 1. The van der Waals surface area contributed by atoms with Crippen LogP contribution >= 0.6 is 0 Å². The Bertz CT molecular complexity index is 535. The molecule has 0 saturated heterocycles. The third kappa shape index (κ3) is 2.22.